The first-order valence-corrected chi connectivity index (χ1v) is 5.31. The van der Waals surface area contributed by atoms with Gasteiger partial charge in [0.2, 0.25) is 0 Å². The quantitative estimate of drug-likeness (QED) is 0.635. The van der Waals surface area contributed by atoms with Crippen molar-refractivity contribution in [2.24, 2.45) is 11.3 Å². The number of carbonyl (C=O) groups excluding carboxylic acids is 1. The summed E-state index contributed by atoms with van der Waals surface area (Å²) in [4.78, 5) is 10.7. The summed E-state index contributed by atoms with van der Waals surface area (Å²) in [6.45, 7) is 10.8. The highest BCUT2D eigenvalue weighted by atomic mass is 16.1. The Morgan fingerprint density at radius 1 is 1.31 bits per heavy atom. The highest BCUT2D eigenvalue weighted by Gasteiger charge is 2.14. The second kappa shape index (κ2) is 5.41. The predicted octanol–water partition coefficient (Wildman–Crippen LogP) is 3.82. The molecule has 1 heteroatoms. The molecule has 0 radical (unpaired) electrons. The van der Waals surface area contributed by atoms with E-state index in [2.05, 4.69) is 27.7 Å². The molecule has 78 valence electrons. The highest BCUT2D eigenvalue weighted by molar-refractivity contribution is 5.75. The predicted molar refractivity (Wildman–Crippen MR) is 57.8 cm³/mol. The molecule has 0 rings (SSSR count). The van der Waals surface area contributed by atoms with E-state index in [1.54, 1.807) is 6.92 Å². The van der Waals surface area contributed by atoms with Crippen molar-refractivity contribution in [3.63, 3.8) is 0 Å². The lowest BCUT2D eigenvalue weighted by atomic mass is 9.83. The number of hydrogen-bond acceptors (Lipinski definition) is 1. The fourth-order valence-corrected chi connectivity index (χ4v) is 1.85. The molecule has 1 unspecified atom stereocenters. The summed E-state index contributed by atoms with van der Waals surface area (Å²) in [6, 6.07) is 0. The molecule has 0 aliphatic rings. The first-order valence-electron chi connectivity index (χ1n) is 5.31. The zero-order chi connectivity index (χ0) is 10.5. The van der Waals surface area contributed by atoms with Gasteiger partial charge in [-0.15, -0.1) is 0 Å². The van der Waals surface area contributed by atoms with Gasteiger partial charge in [0, 0.05) is 6.42 Å². The molecule has 0 bridgehead atoms. The summed E-state index contributed by atoms with van der Waals surface area (Å²) in [6.07, 6.45) is 4.27. The third kappa shape index (κ3) is 9.59. The van der Waals surface area contributed by atoms with Crippen LogP contribution in [0.3, 0.4) is 0 Å². The van der Waals surface area contributed by atoms with Gasteiger partial charge < -0.3 is 4.79 Å². The molecular formula is C12H24O. The van der Waals surface area contributed by atoms with E-state index in [1.807, 2.05) is 0 Å². The number of hydrogen-bond donors (Lipinski definition) is 0. The first kappa shape index (κ1) is 12.7. The molecule has 0 aliphatic heterocycles. The average molecular weight is 184 g/mol. The summed E-state index contributed by atoms with van der Waals surface area (Å²) in [5.74, 6) is 1.07. The van der Waals surface area contributed by atoms with Crippen LogP contribution in [0.25, 0.3) is 0 Å². The summed E-state index contributed by atoms with van der Waals surface area (Å²) in [7, 11) is 0. The third-order valence-corrected chi connectivity index (χ3v) is 2.19. The van der Waals surface area contributed by atoms with Gasteiger partial charge in [0.05, 0.1) is 0 Å². The minimum Gasteiger partial charge on any atom is -0.300 e. The van der Waals surface area contributed by atoms with Crippen molar-refractivity contribution in [2.75, 3.05) is 0 Å². The molecule has 1 nitrogen and oxygen atoms in total. The van der Waals surface area contributed by atoms with Crippen LogP contribution in [0.4, 0.5) is 0 Å². The molecule has 0 saturated carbocycles. The lowest BCUT2D eigenvalue weighted by molar-refractivity contribution is -0.117. The molecular weight excluding hydrogens is 160 g/mol. The van der Waals surface area contributed by atoms with E-state index in [9.17, 15) is 4.79 Å². The second-order valence-corrected chi connectivity index (χ2v) is 5.46. The van der Waals surface area contributed by atoms with E-state index in [0.717, 1.165) is 18.8 Å². The Labute approximate surface area is 82.9 Å². The van der Waals surface area contributed by atoms with Gasteiger partial charge in [-0.2, -0.15) is 0 Å². The van der Waals surface area contributed by atoms with Gasteiger partial charge in [-0.05, 0) is 31.1 Å². The van der Waals surface area contributed by atoms with Crippen LogP contribution < -0.4 is 0 Å². The maximum atomic E-state index is 10.7. The van der Waals surface area contributed by atoms with E-state index in [-0.39, 0.29) is 0 Å². The van der Waals surface area contributed by atoms with Crippen molar-refractivity contribution in [1.29, 1.82) is 0 Å². The van der Waals surface area contributed by atoms with E-state index < -0.39 is 0 Å². The lowest BCUT2D eigenvalue weighted by Gasteiger charge is -2.22. The topological polar surface area (TPSA) is 17.1 Å². The standard InChI is InChI=1S/C12H24O/c1-10(9-12(3,4)5)7-6-8-11(2)13/h10H,6-9H2,1-5H3. The summed E-state index contributed by atoms with van der Waals surface area (Å²) < 4.78 is 0. The molecule has 0 aromatic rings. The number of Topliss-reactive ketones (excluding diaryl/α,β-unsaturated/α-hetero) is 1. The van der Waals surface area contributed by atoms with Crippen molar-refractivity contribution < 1.29 is 4.79 Å². The Kier molecular flexibility index (Phi) is 5.27. The average Bonchev–Trinajstić information content (AvgIpc) is 1.81. The minimum absolute atomic E-state index is 0.322. The minimum atomic E-state index is 0.322. The van der Waals surface area contributed by atoms with E-state index >= 15 is 0 Å². The Hall–Kier alpha value is -0.330. The summed E-state index contributed by atoms with van der Waals surface area (Å²) >= 11 is 0. The van der Waals surface area contributed by atoms with Crippen LogP contribution in [0, 0.1) is 11.3 Å². The SMILES string of the molecule is CC(=O)CCCC(C)CC(C)(C)C. The molecule has 0 aromatic carbocycles. The highest BCUT2D eigenvalue weighted by Crippen LogP contribution is 2.26. The largest absolute Gasteiger partial charge is 0.300 e. The maximum absolute atomic E-state index is 10.7. The summed E-state index contributed by atoms with van der Waals surface area (Å²) in [5, 5.41) is 0. The monoisotopic (exact) mass is 184 g/mol. The van der Waals surface area contributed by atoms with Gasteiger partial charge in [-0.3, -0.25) is 0 Å². The Balaban J connectivity index is 3.52. The molecule has 0 fully saturated rings. The Morgan fingerprint density at radius 2 is 1.85 bits per heavy atom. The van der Waals surface area contributed by atoms with Crippen LogP contribution in [0.2, 0.25) is 0 Å². The molecule has 1 atom stereocenters. The van der Waals surface area contributed by atoms with Gasteiger partial charge >= 0.3 is 0 Å². The smallest absolute Gasteiger partial charge is 0.129 e. The normalized spacial score (nSPS) is 14.2. The fraction of sp³-hybridized carbons (Fsp3) is 0.917. The van der Waals surface area contributed by atoms with Crippen molar-refractivity contribution in [3.8, 4) is 0 Å². The van der Waals surface area contributed by atoms with E-state index in [4.69, 9.17) is 0 Å². The van der Waals surface area contributed by atoms with Gasteiger partial charge in [0.15, 0.2) is 0 Å². The van der Waals surface area contributed by atoms with Crippen LogP contribution in [0.15, 0.2) is 0 Å². The molecule has 0 amide bonds. The van der Waals surface area contributed by atoms with E-state index in [0.29, 0.717) is 11.2 Å². The molecule has 0 N–H and O–H groups in total. The Morgan fingerprint density at radius 3 is 2.23 bits per heavy atom. The fourth-order valence-electron chi connectivity index (χ4n) is 1.85. The zero-order valence-corrected chi connectivity index (χ0v) is 9.81. The maximum Gasteiger partial charge on any atom is 0.129 e. The Bertz CT molecular complexity index is 153. The van der Waals surface area contributed by atoms with Gasteiger partial charge in [0.25, 0.3) is 0 Å². The molecule has 0 saturated heterocycles. The number of carbonyl (C=O) groups is 1. The van der Waals surface area contributed by atoms with Crippen molar-refractivity contribution in [2.45, 2.75) is 60.3 Å². The van der Waals surface area contributed by atoms with Gasteiger partial charge in [0.1, 0.15) is 5.78 Å². The van der Waals surface area contributed by atoms with Gasteiger partial charge in [-0.1, -0.05) is 34.1 Å². The van der Waals surface area contributed by atoms with E-state index in [1.165, 1.54) is 12.8 Å². The lowest BCUT2D eigenvalue weighted by Crippen LogP contribution is -2.11. The molecule has 0 aliphatic carbocycles. The first-order chi connectivity index (χ1) is 5.81. The molecule has 13 heavy (non-hydrogen) atoms. The van der Waals surface area contributed by atoms with Crippen LogP contribution in [0.1, 0.15) is 60.3 Å². The number of rotatable bonds is 5. The van der Waals surface area contributed by atoms with Crippen molar-refractivity contribution in [3.05, 3.63) is 0 Å². The van der Waals surface area contributed by atoms with Gasteiger partial charge in [-0.25, -0.2) is 0 Å². The summed E-state index contributed by atoms with van der Waals surface area (Å²) in [5.41, 5.74) is 0.426. The molecule has 0 spiro atoms. The van der Waals surface area contributed by atoms with Crippen LogP contribution in [0.5, 0.6) is 0 Å². The molecule has 0 aromatic heterocycles. The van der Waals surface area contributed by atoms with Crippen LogP contribution in [-0.2, 0) is 4.79 Å². The molecule has 0 heterocycles. The second-order valence-electron chi connectivity index (χ2n) is 5.46. The van der Waals surface area contributed by atoms with Crippen LogP contribution >= 0.6 is 0 Å². The number of ketones is 1. The van der Waals surface area contributed by atoms with Crippen molar-refractivity contribution in [1.82, 2.24) is 0 Å². The van der Waals surface area contributed by atoms with Crippen LogP contribution in [-0.4, -0.2) is 5.78 Å². The van der Waals surface area contributed by atoms with Crippen molar-refractivity contribution >= 4 is 5.78 Å². The third-order valence-electron chi connectivity index (χ3n) is 2.19. The zero-order valence-electron chi connectivity index (χ0n) is 9.81.